The Balaban J connectivity index is 2.89. The Bertz CT molecular complexity index is 303. The lowest BCUT2D eigenvalue weighted by molar-refractivity contribution is 0.298. The van der Waals surface area contributed by atoms with Crippen molar-refractivity contribution in [2.75, 3.05) is 23.5 Å². The average Bonchev–Trinajstić information content (AvgIpc) is 2.25. The quantitative estimate of drug-likeness (QED) is 0.489. The molecule has 0 saturated heterocycles. The second-order valence-electron chi connectivity index (χ2n) is 3.54. The zero-order valence-corrected chi connectivity index (χ0v) is 9.14. The number of aromatic nitrogens is 1. The fourth-order valence-corrected chi connectivity index (χ4v) is 1.41. The van der Waals surface area contributed by atoms with Gasteiger partial charge in [0.1, 0.15) is 11.6 Å². The van der Waals surface area contributed by atoms with Gasteiger partial charge in [0.2, 0.25) is 0 Å². The summed E-state index contributed by atoms with van der Waals surface area (Å²) in [5.74, 6) is 6.72. The van der Waals surface area contributed by atoms with Gasteiger partial charge in [0.05, 0.1) is 6.61 Å². The molecule has 1 aromatic rings. The fourth-order valence-electron chi connectivity index (χ4n) is 1.41. The highest BCUT2D eigenvalue weighted by atomic mass is 16.3. The summed E-state index contributed by atoms with van der Waals surface area (Å²) in [5, 5.41) is 8.96. The van der Waals surface area contributed by atoms with Gasteiger partial charge in [-0.1, -0.05) is 6.07 Å². The first kappa shape index (κ1) is 11.7. The van der Waals surface area contributed by atoms with E-state index in [9.17, 15) is 0 Å². The van der Waals surface area contributed by atoms with Crippen LogP contribution in [0, 0.1) is 0 Å². The van der Waals surface area contributed by atoms with Gasteiger partial charge in [-0.05, 0) is 26.0 Å². The molecule has 0 aliphatic rings. The van der Waals surface area contributed by atoms with E-state index in [1.807, 2.05) is 17.0 Å². The fraction of sp³-hybridized carbons (Fsp3) is 0.500. The molecule has 0 aliphatic carbocycles. The normalized spacial score (nSPS) is 10.5. The highest BCUT2D eigenvalue weighted by molar-refractivity contribution is 5.47. The first-order valence-electron chi connectivity index (χ1n) is 5.00. The molecule has 0 fully saturated rings. The number of nitrogens with zero attached hydrogens (tertiary/aromatic N) is 2. The Morgan fingerprint density at radius 2 is 2.27 bits per heavy atom. The number of nitrogens with two attached hydrogens (primary N) is 1. The molecular formula is C10H18N4O. The Hall–Kier alpha value is -1.33. The molecule has 0 radical (unpaired) electrons. The van der Waals surface area contributed by atoms with E-state index in [2.05, 4.69) is 24.3 Å². The van der Waals surface area contributed by atoms with Gasteiger partial charge in [0.25, 0.3) is 0 Å². The van der Waals surface area contributed by atoms with Crippen molar-refractivity contribution < 1.29 is 5.11 Å². The van der Waals surface area contributed by atoms with Crippen LogP contribution in [0.25, 0.3) is 0 Å². The van der Waals surface area contributed by atoms with Gasteiger partial charge < -0.3 is 15.4 Å². The monoisotopic (exact) mass is 210 g/mol. The minimum atomic E-state index is 0.111. The maximum atomic E-state index is 8.96. The van der Waals surface area contributed by atoms with Crippen LogP contribution in [0.1, 0.15) is 13.8 Å². The molecule has 0 atom stereocenters. The van der Waals surface area contributed by atoms with Crippen molar-refractivity contribution in [3.05, 3.63) is 18.2 Å². The van der Waals surface area contributed by atoms with E-state index in [0.717, 1.165) is 5.82 Å². The first-order valence-corrected chi connectivity index (χ1v) is 5.00. The predicted molar refractivity (Wildman–Crippen MR) is 61.6 cm³/mol. The summed E-state index contributed by atoms with van der Waals surface area (Å²) < 4.78 is 0. The van der Waals surface area contributed by atoms with Crippen LogP contribution in [0.4, 0.5) is 11.6 Å². The van der Waals surface area contributed by atoms with Gasteiger partial charge >= 0.3 is 0 Å². The Labute approximate surface area is 89.9 Å². The number of nitrogen functional groups attached to an aromatic ring is 1. The zero-order valence-electron chi connectivity index (χ0n) is 9.14. The van der Waals surface area contributed by atoms with Crippen molar-refractivity contribution in [1.29, 1.82) is 0 Å². The van der Waals surface area contributed by atoms with Crippen LogP contribution in [-0.4, -0.2) is 29.3 Å². The SMILES string of the molecule is CC(C)N(CCO)c1cccc(NN)n1. The van der Waals surface area contributed by atoms with Gasteiger partial charge in [0, 0.05) is 12.6 Å². The Kier molecular flexibility index (Phi) is 4.33. The van der Waals surface area contributed by atoms with Gasteiger partial charge in [-0.2, -0.15) is 0 Å². The molecular weight excluding hydrogens is 192 g/mol. The number of aliphatic hydroxyl groups excluding tert-OH is 1. The molecule has 0 aliphatic heterocycles. The molecule has 4 N–H and O–H groups in total. The largest absolute Gasteiger partial charge is 0.395 e. The van der Waals surface area contributed by atoms with Crippen LogP contribution >= 0.6 is 0 Å². The van der Waals surface area contributed by atoms with Crippen molar-refractivity contribution in [2.45, 2.75) is 19.9 Å². The summed E-state index contributed by atoms with van der Waals surface area (Å²) in [7, 11) is 0. The molecule has 0 saturated carbocycles. The molecule has 5 nitrogen and oxygen atoms in total. The van der Waals surface area contributed by atoms with Crippen LogP contribution in [0.2, 0.25) is 0 Å². The second-order valence-corrected chi connectivity index (χ2v) is 3.54. The molecule has 0 bridgehead atoms. The number of hydrazine groups is 1. The molecule has 0 spiro atoms. The number of nitrogens with one attached hydrogen (secondary N) is 1. The zero-order chi connectivity index (χ0) is 11.3. The van der Waals surface area contributed by atoms with Crippen LogP contribution in [0.3, 0.4) is 0 Å². The third-order valence-corrected chi connectivity index (χ3v) is 2.14. The number of hydrogen-bond acceptors (Lipinski definition) is 5. The third kappa shape index (κ3) is 3.07. The van der Waals surface area contributed by atoms with Gasteiger partial charge in [-0.25, -0.2) is 10.8 Å². The van der Waals surface area contributed by atoms with Gasteiger partial charge in [0.15, 0.2) is 0 Å². The van der Waals surface area contributed by atoms with Crippen molar-refractivity contribution in [3.8, 4) is 0 Å². The topological polar surface area (TPSA) is 74.4 Å². The van der Waals surface area contributed by atoms with Crippen LogP contribution in [0.5, 0.6) is 0 Å². The summed E-state index contributed by atoms with van der Waals surface area (Å²) in [4.78, 5) is 6.32. The maximum Gasteiger partial charge on any atom is 0.142 e. The van der Waals surface area contributed by atoms with E-state index < -0.39 is 0 Å². The molecule has 1 aromatic heterocycles. The van der Waals surface area contributed by atoms with E-state index in [4.69, 9.17) is 10.9 Å². The van der Waals surface area contributed by atoms with Crippen LogP contribution in [0.15, 0.2) is 18.2 Å². The second kappa shape index (κ2) is 5.53. The lowest BCUT2D eigenvalue weighted by Crippen LogP contribution is -2.34. The molecule has 0 aromatic carbocycles. The molecule has 1 rings (SSSR count). The standard InChI is InChI=1S/C10H18N4O/c1-8(2)14(6-7-15)10-5-3-4-9(12-10)13-11/h3-5,8,15H,6-7,11H2,1-2H3,(H,12,13). The average molecular weight is 210 g/mol. The van der Waals surface area contributed by atoms with E-state index in [-0.39, 0.29) is 12.6 Å². The number of rotatable bonds is 5. The van der Waals surface area contributed by atoms with Crippen molar-refractivity contribution in [3.63, 3.8) is 0 Å². The number of pyridine rings is 1. The van der Waals surface area contributed by atoms with E-state index >= 15 is 0 Å². The number of hydrogen-bond donors (Lipinski definition) is 3. The predicted octanol–water partition coefficient (Wildman–Crippen LogP) is 0.574. The number of aliphatic hydroxyl groups is 1. The maximum absolute atomic E-state index is 8.96. The van der Waals surface area contributed by atoms with E-state index in [1.54, 1.807) is 6.07 Å². The molecule has 84 valence electrons. The lowest BCUT2D eigenvalue weighted by Gasteiger charge is -2.27. The minimum Gasteiger partial charge on any atom is -0.395 e. The van der Waals surface area contributed by atoms with Crippen LogP contribution in [-0.2, 0) is 0 Å². The molecule has 5 heteroatoms. The summed E-state index contributed by atoms with van der Waals surface area (Å²) >= 11 is 0. The smallest absolute Gasteiger partial charge is 0.142 e. The highest BCUT2D eigenvalue weighted by Crippen LogP contribution is 2.15. The molecule has 0 unspecified atom stereocenters. The summed E-state index contributed by atoms with van der Waals surface area (Å²) in [6, 6.07) is 5.86. The molecule has 1 heterocycles. The van der Waals surface area contributed by atoms with Crippen molar-refractivity contribution >= 4 is 11.6 Å². The van der Waals surface area contributed by atoms with Gasteiger partial charge in [-0.3, -0.25) is 0 Å². The Morgan fingerprint density at radius 1 is 1.53 bits per heavy atom. The van der Waals surface area contributed by atoms with Crippen molar-refractivity contribution in [1.82, 2.24) is 4.98 Å². The van der Waals surface area contributed by atoms with E-state index in [1.165, 1.54) is 0 Å². The summed E-state index contributed by atoms with van der Waals surface area (Å²) in [5.41, 5.74) is 2.50. The van der Waals surface area contributed by atoms with Crippen LogP contribution < -0.4 is 16.2 Å². The minimum absolute atomic E-state index is 0.111. The van der Waals surface area contributed by atoms with E-state index in [0.29, 0.717) is 12.4 Å². The lowest BCUT2D eigenvalue weighted by atomic mass is 10.3. The first-order chi connectivity index (χ1) is 7.19. The molecule has 0 amide bonds. The third-order valence-electron chi connectivity index (χ3n) is 2.14. The number of anilines is 2. The molecule has 15 heavy (non-hydrogen) atoms. The summed E-state index contributed by atoms with van der Waals surface area (Å²) in [6.07, 6.45) is 0. The highest BCUT2D eigenvalue weighted by Gasteiger charge is 2.11. The van der Waals surface area contributed by atoms with Gasteiger partial charge in [-0.15, -0.1) is 0 Å². The summed E-state index contributed by atoms with van der Waals surface area (Å²) in [6.45, 7) is 4.79. The van der Waals surface area contributed by atoms with Crippen molar-refractivity contribution in [2.24, 2.45) is 5.84 Å². The Morgan fingerprint density at radius 3 is 2.80 bits per heavy atom.